The van der Waals surface area contributed by atoms with Crippen molar-refractivity contribution < 1.29 is 5.11 Å². The zero-order valence-electron chi connectivity index (χ0n) is 8.85. The van der Waals surface area contributed by atoms with Crippen LogP contribution in [0.1, 0.15) is 11.1 Å². The number of phenols is 1. The molecule has 0 amide bonds. The maximum atomic E-state index is 9.28. The van der Waals surface area contributed by atoms with Gasteiger partial charge in [-0.15, -0.1) is 0 Å². The summed E-state index contributed by atoms with van der Waals surface area (Å²) >= 11 is 0. The number of fused-ring (bicyclic) bond motifs is 1. The molecule has 0 radical (unpaired) electrons. The van der Waals surface area contributed by atoms with E-state index in [1.54, 1.807) is 12.1 Å². The first-order chi connectivity index (χ1) is 7.84. The van der Waals surface area contributed by atoms with Gasteiger partial charge in [-0.05, 0) is 40.8 Å². The fourth-order valence-electron chi connectivity index (χ4n) is 2.18. The predicted molar refractivity (Wildman–Crippen MR) is 66.3 cm³/mol. The van der Waals surface area contributed by atoms with Crippen LogP contribution in [0.25, 0.3) is 17.2 Å². The van der Waals surface area contributed by atoms with E-state index < -0.39 is 0 Å². The van der Waals surface area contributed by atoms with Crippen LogP contribution in [0.15, 0.2) is 48.5 Å². The van der Waals surface area contributed by atoms with Crippen LogP contribution in [0.5, 0.6) is 5.75 Å². The smallest absolute Gasteiger partial charge is 0.115 e. The summed E-state index contributed by atoms with van der Waals surface area (Å²) in [6.07, 6.45) is 5.40. The molecule has 1 nitrogen and oxygen atoms in total. The third kappa shape index (κ3) is 1.41. The summed E-state index contributed by atoms with van der Waals surface area (Å²) in [4.78, 5) is 0. The lowest BCUT2D eigenvalue weighted by molar-refractivity contribution is 0.475. The van der Waals surface area contributed by atoms with Gasteiger partial charge in [0.05, 0.1) is 0 Å². The van der Waals surface area contributed by atoms with E-state index in [1.807, 2.05) is 12.1 Å². The summed E-state index contributed by atoms with van der Waals surface area (Å²) in [7, 11) is 0. The average Bonchev–Trinajstić information content (AvgIpc) is 2.78. The Morgan fingerprint density at radius 3 is 2.56 bits per heavy atom. The molecular formula is C15H12O. The first-order valence-corrected chi connectivity index (χ1v) is 5.42. The second-order valence-electron chi connectivity index (χ2n) is 4.03. The Morgan fingerprint density at radius 1 is 0.938 bits per heavy atom. The molecule has 78 valence electrons. The molecule has 0 unspecified atom stereocenters. The van der Waals surface area contributed by atoms with Gasteiger partial charge in [0.15, 0.2) is 0 Å². The second kappa shape index (κ2) is 3.53. The molecule has 3 rings (SSSR count). The van der Waals surface area contributed by atoms with Gasteiger partial charge < -0.3 is 5.11 Å². The van der Waals surface area contributed by atoms with Crippen LogP contribution in [-0.4, -0.2) is 5.11 Å². The van der Waals surface area contributed by atoms with Crippen LogP contribution in [0.4, 0.5) is 0 Å². The molecule has 0 saturated heterocycles. The molecular weight excluding hydrogens is 196 g/mol. The van der Waals surface area contributed by atoms with Gasteiger partial charge >= 0.3 is 0 Å². The first-order valence-electron chi connectivity index (χ1n) is 5.42. The maximum absolute atomic E-state index is 9.28. The lowest BCUT2D eigenvalue weighted by atomic mass is 9.97. The highest BCUT2D eigenvalue weighted by atomic mass is 16.3. The van der Waals surface area contributed by atoms with E-state index >= 15 is 0 Å². The Bertz CT molecular complexity index is 550. The second-order valence-corrected chi connectivity index (χ2v) is 4.03. The van der Waals surface area contributed by atoms with Crippen LogP contribution >= 0.6 is 0 Å². The Labute approximate surface area is 94.7 Å². The molecule has 0 spiro atoms. The third-order valence-electron chi connectivity index (χ3n) is 3.00. The quantitative estimate of drug-likeness (QED) is 0.758. The van der Waals surface area contributed by atoms with Gasteiger partial charge in [0.1, 0.15) is 5.75 Å². The molecule has 0 atom stereocenters. The number of benzene rings is 2. The number of hydrogen-bond acceptors (Lipinski definition) is 1. The predicted octanol–water partition coefficient (Wildman–Crippen LogP) is 3.63. The lowest BCUT2D eigenvalue weighted by Crippen LogP contribution is -1.86. The standard InChI is InChI=1S/C15H12O/c16-13-9-7-12(8-10-13)15-6-2-4-11-3-1-5-14(11)15/h1-2,4-10,16H,3H2. The van der Waals surface area contributed by atoms with E-state index in [9.17, 15) is 5.11 Å². The monoisotopic (exact) mass is 208 g/mol. The largest absolute Gasteiger partial charge is 0.508 e. The number of allylic oxidation sites excluding steroid dienone is 1. The van der Waals surface area contributed by atoms with Crippen molar-refractivity contribution in [3.63, 3.8) is 0 Å². The average molecular weight is 208 g/mol. The van der Waals surface area contributed by atoms with E-state index in [0.29, 0.717) is 5.75 Å². The molecule has 0 fully saturated rings. The van der Waals surface area contributed by atoms with Crippen molar-refractivity contribution >= 4 is 6.08 Å². The molecule has 1 aliphatic carbocycles. The van der Waals surface area contributed by atoms with Gasteiger partial charge in [0.2, 0.25) is 0 Å². The van der Waals surface area contributed by atoms with Crippen LogP contribution in [0.2, 0.25) is 0 Å². The van der Waals surface area contributed by atoms with Gasteiger partial charge in [-0.3, -0.25) is 0 Å². The fraction of sp³-hybridized carbons (Fsp3) is 0.0667. The number of hydrogen-bond donors (Lipinski definition) is 1. The van der Waals surface area contributed by atoms with Crippen LogP contribution in [0.3, 0.4) is 0 Å². The molecule has 1 N–H and O–H groups in total. The zero-order chi connectivity index (χ0) is 11.0. The van der Waals surface area contributed by atoms with Crippen molar-refractivity contribution in [2.75, 3.05) is 0 Å². The Morgan fingerprint density at radius 2 is 1.75 bits per heavy atom. The molecule has 0 heterocycles. The number of phenolic OH excluding ortho intramolecular Hbond substituents is 1. The summed E-state index contributed by atoms with van der Waals surface area (Å²) in [5, 5.41) is 9.28. The molecule has 0 bridgehead atoms. The fourth-order valence-corrected chi connectivity index (χ4v) is 2.18. The van der Waals surface area contributed by atoms with E-state index in [0.717, 1.165) is 12.0 Å². The Kier molecular flexibility index (Phi) is 2.03. The molecule has 0 saturated carbocycles. The molecule has 0 aromatic heterocycles. The summed E-state index contributed by atoms with van der Waals surface area (Å²) in [6, 6.07) is 13.8. The summed E-state index contributed by atoms with van der Waals surface area (Å²) < 4.78 is 0. The minimum atomic E-state index is 0.312. The number of rotatable bonds is 1. The van der Waals surface area contributed by atoms with Crippen LogP contribution < -0.4 is 0 Å². The van der Waals surface area contributed by atoms with Crippen LogP contribution in [0, 0.1) is 0 Å². The summed E-state index contributed by atoms with van der Waals surface area (Å²) in [5.41, 5.74) is 5.09. The molecule has 16 heavy (non-hydrogen) atoms. The van der Waals surface area contributed by atoms with Gasteiger partial charge in [-0.1, -0.05) is 42.5 Å². The molecule has 1 heteroatoms. The molecule has 2 aromatic carbocycles. The third-order valence-corrected chi connectivity index (χ3v) is 3.00. The van der Waals surface area contributed by atoms with Crippen molar-refractivity contribution in [2.45, 2.75) is 6.42 Å². The van der Waals surface area contributed by atoms with Crippen molar-refractivity contribution in [1.82, 2.24) is 0 Å². The van der Waals surface area contributed by atoms with Crippen molar-refractivity contribution in [3.05, 3.63) is 59.7 Å². The van der Waals surface area contributed by atoms with Crippen LogP contribution in [-0.2, 0) is 6.42 Å². The first kappa shape index (κ1) is 9.22. The lowest BCUT2D eigenvalue weighted by Gasteiger charge is -2.07. The molecule has 0 aliphatic heterocycles. The minimum Gasteiger partial charge on any atom is -0.508 e. The van der Waals surface area contributed by atoms with Gasteiger partial charge in [0.25, 0.3) is 0 Å². The van der Waals surface area contributed by atoms with Gasteiger partial charge in [0, 0.05) is 0 Å². The van der Waals surface area contributed by atoms with Gasteiger partial charge in [-0.2, -0.15) is 0 Å². The topological polar surface area (TPSA) is 20.2 Å². The Hall–Kier alpha value is -2.02. The van der Waals surface area contributed by atoms with E-state index in [4.69, 9.17) is 0 Å². The normalized spacial score (nSPS) is 12.8. The van der Waals surface area contributed by atoms with Crippen molar-refractivity contribution in [2.24, 2.45) is 0 Å². The highest BCUT2D eigenvalue weighted by Gasteiger charge is 2.10. The summed E-state index contributed by atoms with van der Waals surface area (Å²) in [5.74, 6) is 0.312. The highest BCUT2D eigenvalue weighted by Crippen LogP contribution is 2.31. The maximum Gasteiger partial charge on any atom is 0.115 e. The van der Waals surface area contributed by atoms with Crippen molar-refractivity contribution in [3.8, 4) is 16.9 Å². The summed E-state index contributed by atoms with van der Waals surface area (Å²) in [6.45, 7) is 0. The van der Waals surface area contributed by atoms with E-state index in [2.05, 4.69) is 30.4 Å². The minimum absolute atomic E-state index is 0.312. The van der Waals surface area contributed by atoms with E-state index in [1.165, 1.54) is 16.7 Å². The van der Waals surface area contributed by atoms with E-state index in [-0.39, 0.29) is 0 Å². The molecule has 1 aliphatic rings. The molecule has 2 aromatic rings. The number of aromatic hydroxyl groups is 1. The van der Waals surface area contributed by atoms with Crippen molar-refractivity contribution in [1.29, 1.82) is 0 Å². The highest BCUT2D eigenvalue weighted by molar-refractivity contribution is 5.79. The van der Waals surface area contributed by atoms with Gasteiger partial charge in [-0.25, -0.2) is 0 Å². The SMILES string of the molecule is Oc1ccc(-c2cccc3c2C=CC3)cc1. The Balaban J connectivity index is 2.17. The zero-order valence-corrected chi connectivity index (χ0v) is 8.85.